The van der Waals surface area contributed by atoms with Crippen LogP contribution in [0.15, 0.2) is 84.6 Å². The molecular formula is C36H41N3O5. The van der Waals surface area contributed by atoms with Crippen LogP contribution in [0.3, 0.4) is 0 Å². The molecule has 0 spiro atoms. The predicted molar refractivity (Wildman–Crippen MR) is 174 cm³/mol. The topological polar surface area (TPSA) is 110 Å². The fourth-order valence-corrected chi connectivity index (χ4v) is 7.17. The molecule has 3 N–H and O–H groups in total. The van der Waals surface area contributed by atoms with Gasteiger partial charge >= 0.3 is 11.9 Å². The SMILES string of the molecule is CNC(=O)CCC1(C)c2ccccc2N(CCC(=O)O)C1C=CC=C1N(CCC(=O)O)c2ccc3ccccc3c2C1(C)C. The van der Waals surface area contributed by atoms with Crippen LogP contribution >= 0.6 is 0 Å². The smallest absolute Gasteiger partial charge is 0.305 e. The minimum Gasteiger partial charge on any atom is -0.481 e. The van der Waals surface area contributed by atoms with Gasteiger partial charge in [0.15, 0.2) is 0 Å². The van der Waals surface area contributed by atoms with Gasteiger partial charge in [0.1, 0.15) is 0 Å². The number of aliphatic carboxylic acids is 2. The van der Waals surface area contributed by atoms with Crippen molar-refractivity contribution in [2.24, 2.45) is 0 Å². The number of rotatable bonds is 11. The Hall–Kier alpha value is -4.59. The highest BCUT2D eigenvalue weighted by Crippen LogP contribution is 2.51. The summed E-state index contributed by atoms with van der Waals surface area (Å²) in [5.41, 5.74) is 4.43. The van der Waals surface area contributed by atoms with Gasteiger partial charge in [-0.1, -0.05) is 81.5 Å². The Bertz CT molecular complexity index is 1660. The lowest BCUT2D eigenvalue weighted by Gasteiger charge is -2.35. The van der Waals surface area contributed by atoms with Crippen LogP contribution in [-0.2, 0) is 25.2 Å². The van der Waals surface area contributed by atoms with Crippen molar-refractivity contribution in [3.63, 3.8) is 0 Å². The van der Waals surface area contributed by atoms with Gasteiger partial charge in [-0.25, -0.2) is 0 Å². The van der Waals surface area contributed by atoms with E-state index in [1.807, 2.05) is 36.4 Å². The van der Waals surface area contributed by atoms with E-state index in [-0.39, 0.29) is 24.8 Å². The molecule has 8 heteroatoms. The van der Waals surface area contributed by atoms with Crippen molar-refractivity contribution in [1.29, 1.82) is 0 Å². The van der Waals surface area contributed by atoms with Gasteiger partial charge in [-0.15, -0.1) is 0 Å². The second kappa shape index (κ2) is 12.2. The van der Waals surface area contributed by atoms with E-state index < -0.39 is 22.8 Å². The molecule has 2 aliphatic rings. The summed E-state index contributed by atoms with van der Waals surface area (Å²) in [6, 6.07) is 20.3. The van der Waals surface area contributed by atoms with Crippen molar-refractivity contribution < 1.29 is 24.6 Å². The first-order valence-electron chi connectivity index (χ1n) is 15.2. The average molecular weight is 596 g/mol. The molecule has 3 aromatic carbocycles. The zero-order chi connectivity index (χ0) is 31.6. The molecule has 1 amide bonds. The molecule has 0 saturated heterocycles. The summed E-state index contributed by atoms with van der Waals surface area (Å²) in [5, 5.41) is 24.1. The van der Waals surface area contributed by atoms with E-state index in [1.54, 1.807) is 7.05 Å². The van der Waals surface area contributed by atoms with E-state index in [1.165, 1.54) is 5.56 Å². The minimum absolute atomic E-state index is 0.00185. The molecule has 2 unspecified atom stereocenters. The maximum atomic E-state index is 12.4. The van der Waals surface area contributed by atoms with Crippen molar-refractivity contribution >= 4 is 40.0 Å². The first-order chi connectivity index (χ1) is 21.0. The number of hydrogen-bond acceptors (Lipinski definition) is 5. The van der Waals surface area contributed by atoms with Gasteiger partial charge < -0.3 is 25.3 Å². The summed E-state index contributed by atoms with van der Waals surface area (Å²) >= 11 is 0. The number of allylic oxidation sites excluding steroid dienone is 3. The molecule has 0 bridgehead atoms. The van der Waals surface area contributed by atoms with Crippen LogP contribution < -0.4 is 15.1 Å². The molecule has 2 aliphatic heterocycles. The van der Waals surface area contributed by atoms with E-state index >= 15 is 0 Å². The van der Waals surface area contributed by atoms with Crippen LogP contribution in [0.5, 0.6) is 0 Å². The zero-order valence-electron chi connectivity index (χ0n) is 25.8. The van der Waals surface area contributed by atoms with Gasteiger partial charge in [0.05, 0.1) is 18.9 Å². The predicted octanol–water partition coefficient (Wildman–Crippen LogP) is 6.00. The number of para-hydroxylation sites is 1. The maximum absolute atomic E-state index is 12.4. The summed E-state index contributed by atoms with van der Waals surface area (Å²) in [4.78, 5) is 39.9. The summed E-state index contributed by atoms with van der Waals surface area (Å²) < 4.78 is 0. The standard InChI is InChI=1S/C36H41N3O5/c1-35(2)29(39(23-20-33(43)44)28-17-16-24-10-5-6-11-25(24)34(28)35)14-9-15-30-36(3,21-18-31(40)37-4)26-12-7-8-13-27(26)38(30)22-19-32(41)42/h5-17,30H,18-23H2,1-4H3,(H,37,40)(H,41,42)(H,43,44). The molecular weight excluding hydrogens is 554 g/mol. The molecule has 44 heavy (non-hydrogen) atoms. The minimum atomic E-state index is -0.863. The second-order valence-electron chi connectivity index (χ2n) is 12.4. The zero-order valence-corrected chi connectivity index (χ0v) is 25.8. The molecule has 0 saturated carbocycles. The summed E-state index contributed by atoms with van der Waals surface area (Å²) in [6.07, 6.45) is 7.15. The van der Waals surface area contributed by atoms with Gasteiger partial charge in [-0.05, 0) is 46.5 Å². The highest BCUT2D eigenvalue weighted by molar-refractivity contribution is 5.95. The Balaban J connectivity index is 1.58. The Labute approximate surface area is 258 Å². The molecule has 0 aromatic heterocycles. The lowest BCUT2D eigenvalue weighted by molar-refractivity contribution is -0.137. The number of carbonyl (C=O) groups is 3. The molecule has 8 nitrogen and oxygen atoms in total. The number of amides is 1. The van der Waals surface area contributed by atoms with E-state index in [0.29, 0.717) is 25.9 Å². The van der Waals surface area contributed by atoms with Crippen LogP contribution in [0.4, 0.5) is 11.4 Å². The molecule has 0 fully saturated rings. The van der Waals surface area contributed by atoms with Crippen molar-refractivity contribution in [2.45, 2.75) is 63.3 Å². The number of anilines is 2. The molecule has 230 valence electrons. The van der Waals surface area contributed by atoms with E-state index in [9.17, 15) is 24.6 Å². The Morgan fingerprint density at radius 1 is 0.864 bits per heavy atom. The van der Waals surface area contributed by atoms with Crippen LogP contribution in [0.25, 0.3) is 10.8 Å². The monoisotopic (exact) mass is 595 g/mol. The Kier molecular flexibility index (Phi) is 8.55. The Morgan fingerprint density at radius 3 is 2.27 bits per heavy atom. The quantitative estimate of drug-likeness (QED) is 0.249. The third-order valence-electron chi connectivity index (χ3n) is 9.38. The van der Waals surface area contributed by atoms with Crippen LogP contribution in [0.1, 0.15) is 57.6 Å². The number of nitrogens with one attached hydrogen (secondary N) is 1. The first-order valence-corrected chi connectivity index (χ1v) is 15.2. The van der Waals surface area contributed by atoms with Crippen molar-refractivity contribution in [3.05, 3.63) is 95.7 Å². The molecule has 3 aromatic rings. The van der Waals surface area contributed by atoms with Crippen molar-refractivity contribution in [3.8, 4) is 0 Å². The molecule has 2 heterocycles. The largest absolute Gasteiger partial charge is 0.481 e. The van der Waals surface area contributed by atoms with Gasteiger partial charge in [-0.2, -0.15) is 0 Å². The number of hydrogen-bond donors (Lipinski definition) is 3. The van der Waals surface area contributed by atoms with E-state index in [0.717, 1.165) is 33.4 Å². The van der Waals surface area contributed by atoms with E-state index in [4.69, 9.17) is 0 Å². The molecule has 0 radical (unpaired) electrons. The van der Waals surface area contributed by atoms with Gasteiger partial charge in [-0.3, -0.25) is 14.4 Å². The lowest BCUT2D eigenvalue weighted by Crippen LogP contribution is -2.43. The third kappa shape index (κ3) is 5.56. The normalized spacial score (nSPS) is 21.2. The fourth-order valence-electron chi connectivity index (χ4n) is 7.17. The summed E-state index contributed by atoms with van der Waals surface area (Å²) in [7, 11) is 1.64. The van der Waals surface area contributed by atoms with Crippen LogP contribution in [0.2, 0.25) is 0 Å². The van der Waals surface area contributed by atoms with Gasteiger partial charge in [0.25, 0.3) is 0 Å². The van der Waals surface area contributed by atoms with Gasteiger partial charge in [0, 0.05) is 54.5 Å². The fraction of sp³-hybridized carbons (Fsp3) is 0.361. The van der Waals surface area contributed by atoms with E-state index in [2.05, 4.69) is 78.4 Å². The second-order valence-corrected chi connectivity index (χ2v) is 12.4. The average Bonchev–Trinajstić information content (AvgIpc) is 3.37. The van der Waals surface area contributed by atoms with Crippen LogP contribution in [-0.4, -0.2) is 54.2 Å². The number of fused-ring (bicyclic) bond motifs is 4. The van der Waals surface area contributed by atoms with Crippen LogP contribution in [0, 0.1) is 0 Å². The number of carbonyl (C=O) groups excluding carboxylic acids is 1. The molecule has 0 aliphatic carbocycles. The Morgan fingerprint density at radius 2 is 1.55 bits per heavy atom. The van der Waals surface area contributed by atoms with Crippen molar-refractivity contribution in [2.75, 3.05) is 29.9 Å². The number of benzene rings is 3. The number of carboxylic acid groups (broad SMARTS) is 2. The lowest BCUT2D eigenvalue weighted by atomic mass is 9.74. The third-order valence-corrected chi connectivity index (χ3v) is 9.38. The maximum Gasteiger partial charge on any atom is 0.305 e. The summed E-state index contributed by atoms with van der Waals surface area (Å²) in [5.74, 6) is -1.75. The number of nitrogens with zero attached hydrogens (tertiary/aromatic N) is 2. The first kappa shape index (κ1) is 30.9. The van der Waals surface area contributed by atoms with Gasteiger partial charge in [0.2, 0.25) is 5.91 Å². The number of carboxylic acids is 2. The highest BCUT2D eigenvalue weighted by atomic mass is 16.4. The highest BCUT2D eigenvalue weighted by Gasteiger charge is 2.46. The molecule has 2 atom stereocenters. The summed E-state index contributed by atoms with van der Waals surface area (Å²) in [6.45, 7) is 7.18. The molecule has 5 rings (SSSR count). The van der Waals surface area contributed by atoms with Crippen molar-refractivity contribution in [1.82, 2.24) is 5.32 Å².